The number of hydrogen-bond donors (Lipinski definition) is 0. The van der Waals surface area contributed by atoms with Crippen LogP contribution in [0.3, 0.4) is 0 Å². The average molecular weight is 228 g/mol. The van der Waals surface area contributed by atoms with E-state index in [1.165, 1.54) is 0 Å². The van der Waals surface area contributed by atoms with Gasteiger partial charge in [-0.05, 0) is 0 Å². The van der Waals surface area contributed by atoms with Gasteiger partial charge in [-0.1, -0.05) is 0 Å². The maximum atomic E-state index is 10.5. The molecular weight excluding hydrogens is 228 g/mol. The molecule has 0 saturated carbocycles. The fourth-order valence-electron chi connectivity index (χ4n) is 0. The van der Waals surface area contributed by atoms with Crippen LogP contribution in [0.5, 0.6) is 0 Å². The number of carboxylic acid groups (broad SMARTS) is 1. The van der Waals surface area contributed by atoms with E-state index in [0.717, 1.165) is 0 Å². The van der Waals surface area contributed by atoms with E-state index < -0.39 is 12.1 Å². The number of carbonyl (C=O) groups excluding carboxylic acids is 1. The second-order valence-corrected chi connectivity index (χ2v) is 0.785. The van der Waals surface area contributed by atoms with Gasteiger partial charge < -0.3 is 9.90 Å². The molecule has 8 heavy (non-hydrogen) atoms. The van der Waals surface area contributed by atoms with Gasteiger partial charge in [-0.3, -0.25) is 0 Å². The van der Waals surface area contributed by atoms with Crippen molar-refractivity contribution in [3.8, 4) is 0 Å². The molecule has 0 unspecified atom stereocenters. The predicted molar refractivity (Wildman–Crippen MR) is 16.8 cm³/mol. The first-order valence-corrected chi connectivity index (χ1v) is 1.23. The van der Waals surface area contributed by atoms with Crippen LogP contribution in [0.25, 0.3) is 0 Å². The minimum atomic E-state index is -5.19. The number of aliphatic carboxylic acids is 1. The zero-order valence-electron chi connectivity index (χ0n) is 3.53. The number of carboxylic acids is 1. The first kappa shape index (κ1) is 11.0. The number of alkyl halides is 3. The second-order valence-electron chi connectivity index (χ2n) is 0.785. The van der Waals surface area contributed by atoms with Gasteiger partial charge in [-0.15, -0.1) is 0 Å². The summed E-state index contributed by atoms with van der Waals surface area (Å²) in [5.41, 5.74) is 0. The van der Waals surface area contributed by atoms with E-state index in [0.29, 0.717) is 0 Å². The van der Waals surface area contributed by atoms with Gasteiger partial charge in [0.25, 0.3) is 0 Å². The maximum Gasteiger partial charge on any atom is 1.00 e. The molecule has 0 aromatic rings. The summed E-state index contributed by atoms with van der Waals surface area (Å²) in [6.45, 7) is 0. The van der Waals surface area contributed by atoms with Gasteiger partial charge in [-0.25, -0.2) is 0 Å². The molecule has 0 bridgehead atoms. The van der Waals surface area contributed by atoms with Crippen LogP contribution < -0.4 is 5.11 Å². The summed E-state index contributed by atoms with van der Waals surface area (Å²) in [4.78, 5) is 8.78. The molecular formula is C2F3InO2. The molecule has 2 radical (unpaired) electrons. The van der Waals surface area contributed by atoms with Crippen LogP contribution in [-0.2, 0) is 4.79 Å². The Morgan fingerprint density at radius 3 is 1.50 bits per heavy atom. The zero-order valence-corrected chi connectivity index (χ0v) is 6.82. The largest absolute Gasteiger partial charge is 1.00 e. The third kappa shape index (κ3) is 4.29. The normalized spacial score (nSPS) is 9.88. The number of rotatable bonds is 0. The molecule has 2 nitrogen and oxygen atoms in total. The number of carbonyl (C=O) groups is 1. The van der Waals surface area contributed by atoms with Crippen LogP contribution in [-0.4, -0.2) is 38.0 Å². The van der Waals surface area contributed by atoms with Gasteiger partial charge in [0.15, 0.2) is 0 Å². The molecule has 0 N–H and O–H groups in total. The van der Waals surface area contributed by atoms with Crippen LogP contribution in [0.15, 0.2) is 0 Å². The van der Waals surface area contributed by atoms with Crippen molar-refractivity contribution in [2.45, 2.75) is 6.18 Å². The van der Waals surface area contributed by atoms with Gasteiger partial charge in [-0.2, -0.15) is 13.2 Å². The molecule has 0 amide bonds. The fourth-order valence-corrected chi connectivity index (χ4v) is 0. The second kappa shape index (κ2) is 3.21. The minimum absolute atomic E-state index is 0. The molecule has 0 heterocycles. The SMILES string of the molecule is O=C([O-])C(F)(F)F.[In+]. The molecule has 6 heteroatoms. The van der Waals surface area contributed by atoms with Crippen molar-refractivity contribution in [1.29, 1.82) is 0 Å². The van der Waals surface area contributed by atoms with Crippen molar-refractivity contribution in [2.24, 2.45) is 0 Å². The Balaban J connectivity index is 0. The van der Waals surface area contributed by atoms with Crippen molar-refractivity contribution >= 4 is 31.8 Å². The third-order valence-electron chi connectivity index (χ3n) is 0.231. The molecule has 0 aliphatic rings. The summed E-state index contributed by atoms with van der Waals surface area (Å²) in [6.07, 6.45) is -5.19. The summed E-state index contributed by atoms with van der Waals surface area (Å²) in [5, 5.41) is 8.78. The molecule has 0 aliphatic carbocycles. The average Bonchev–Trinajstić information content (AvgIpc) is 1.31. The summed E-state index contributed by atoms with van der Waals surface area (Å²) in [7, 11) is 0. The monoisotopic (exact) mass is 228 g/mol. The molecule has 0 spiro atoms. The van der Waals surface area contributed by atoms with E-state index >= 15 is 0 Å². The van der Waals surface area contributed by atoms with Crippen LogP contribution >= 0.6 is 0 Å². The first-order chi connectivity index (χ1) is 2.94. The van der Waals surface area contributed by atoms with Gasteiger partial charge in [0, 0.05) is 0 Å². The molecule has 0 atom stereocenters. The Morgan fingerprint density at radius 2 is 1.50 bits per heavy atom. The molecule has 0 rings (SSSR count). The van der Waals surface area contributed by atoms with Crippen molar-refractivity contribution < 1.29 is 23.1 Å². The number of hydrogen-bond acceptors (Lipinski definition) is 2. The van der Waals surface area contributed by atoms with Gasteiger partial charge >= 0.3 is 32.0 Å². The van der Waals surface area contributed by atoms with Crippen LogP contribution in [0.1, 0.15) is 0 Å². The van der Waals surface area contributed by atoms with Gasteiger partial charge in [0.1, 0.15) is 5.97 Å². The Morgan fingerprint density at radius 1 is 1.38 bits per heavy atom. The predicted octanol–water partition coefficient (Wildman–Crippen LogP) is -1.08. The summed E-state index contributed by atoms with van der Waals surface area (Å²) in [6, 6.07) is 0. The fraction of sp³-hybridized carbons (Fsp3) is 0.500. The van der Waals surface area contributed by atoms with Crippen molar-refractivity contribution in [2.75, 3.05) is 0 Å². The van der Waals surface area contributed by atoms with Crippen molar-refractivity contribution in [3.05, 3.63) is 0 Å². The Hall–Kier alpha value is 0.130. The summed E-state index contributed by atoms with van der Waals surface area (Å²) >= 11 is 0. The van der Waals surface area contributed by atoms with Crippen molar-refractivity contribution in [1.82, 2.24) is 0 Å². The standard InChI is InChI=1S/C2HF3O2.In/c3-2(4,5)1(6)7;/h(H,6,7);/q;+1/p-1. The molecule has 0 aliphatic heterocycles. The van der Waals surface area contributed by atoms with Crippen molar-refractivity contribution in [3.63, 3.8) is 0 Å². The zero-order chi connectivity index (χ0) is 6.08. The summed E-state index contributed by atoms with van der Waals surface area (Å²) in [5.74, 6) is -3.01. The Bertz CT molecular complexity index is 87.8. The van der Waals surface area contributed by atoms with Crippen LogP contribution in [0.4, 0.5) is 13.2 Å². The van der Waals surface area contributed by atoms with E-state index in [9.17, 15) is 13.2 Å². The number of halogens is 3. The van der Waals surface area contributed by atoms with E-state index in [1.54, 1.807) is 0 Å². The topological polar surface area (TPSA) is 40.1 Å². The quantitative estimate of drug-likeness (QED) is 0.528. The van der Waals surface area contributed by atoms with Crippen LogP contribution in [0.2, 0.25) is 0 Å². The Kier molecular flexibility index (Phi) is 4.42. The first-order valence-electron chi connectivity index (χ1n) is 1.23. The Labute approximate surface area is 61.5 Å². The van der Waals surface area contributed by atoms with E-state index in [-0.39, 0.29) is 25.8 Å². The van der Waals surface area contributed by atoms with Crippen LogP contribution in [0, 0.1) is 0 Å². The molecule has 44 valence electrons. The van der Waals surface area contributed by atoms with Gasteiger partial charge in [0.05, 0.1) is 0 Å². The summed E-state index contributed by atoms with van der Waals surface area (Å²) < 4.78 is 31.5. The maximum absolute atomic E-state index is 10.5. The molecule has 0 aromatic heterocycles. The molecule has 0 aromatic carbocycles. The molecule has 0 saturated heterocycles. The molecule has 0 fully saturated rings. The van der Waals surface area contributed by atoms with E-state index in [4.69, 9.17) is 9.90 Å². The third-order valence-corrected chi connectivity index (χ3v) is 0.231. The smallest absolute Gasteiger partial charge is 0.542 e. The van der Waals surface area contributed by atoms with E-state index in [2.05, 4.69) is 0 Å². The van der Waals surface area contributed by atoms with E-state index in [1.807, 2.05) is 0 Å². The minimum Gasteiger partial charge on any atom is -0.542 e. The van der Waals surface area contributed by atoms with Gasteiger partial charge in [0.2, 0.25) is 0 Å².